The van der Waals surface area contributed by atoms with Crippen LogP contribution in [0.15, 0.2) is 29.2 Å². The predicted molar refractivity (Wildman–Crippen MR) is 102 cm³/mol. The summed E-state index contributed by atoms with van der Waals surface area (Å²) in [6, 6.07) is 5.31. The lowest BCUT2D eigenvalue weighted by molar-refractivity contribution is -0.123. The number of carbonyl (C=O) groups excluding carboxylic acids is 1. The normalized spacial score (nSPS) is 14.1. The first-order valence-corrected chi connectivity index (χ1v) is 9.22. The Morgan fingerprint density at radius 3 is 2.67 bits per heavy atom. The zero-order valence-corrected chi connectivity index (χ0v) is 16.4. The Balaban J connectivity index is 1.78. The first-order chi connectivity index (χ1) is 12.9. The van der Waals surface area contributed by atoms with Crippen molar-refractivity contribution in [1.29, 1.82) is 0 Å². The molecule has 0 unspecified atom stereocenters. The summed E-state index contributed by atoms with van der Waals surface area (Å²) >= 11 is 11.6. The number of halogens is 2. The zero-order valence-electron chi connectivity index (χ0n) is 14.9. The third kappa shape index (κ3) is 4.36. The molecule has 2 heterocycles. The minimum Gasteiger partial charge on any atom is -0.486 e. The van der Waals surface area contributed by atoms with Crippen LogP contribution in [-0.2, 0) is 11.3 Å². The molecule has 0 spiro atoms. The largest absolute Gasteiger partial charge is 0.486 e. The molecule has 2 aromatic rings. The van der Waals surface area contributed by atoms with E-state index in [0.717, 1.165) is 10.2 Å². The molecule has 144 valence electrons. The summed E-state index contributed by atoms with van der Waals surface area (Å²) in [5.41, 5.74) is 0.275. The Morgan fingerprint density at radius 1 is 1.26 bits per heavy atom. The van der Waals surface area contributed by atoms with Crippen molar-refractivity contribution in [2.45, 2.75) is 26.4 Å². The average molecular weight is 412 g/mol. The summed E-state index contributed by atoms with van der Waals surface area (Å²) < 4.78 is 12.1. The van der Waals surface area contributed by atoms with Crippen molar-refractivity contribution in [3.05, 3.63) is 50.4 Å². The van der Waals surface area contributed by atoms with Gasteiger partial charge >= 0.3 is 0 Å². The van der Waals surface area contributed by atoms with Crippen LogP contribution in [0, 0.1) is 5.92 Å². The number of rotatable bonds is 5. The van der Waals surface area contributed by atoms with E-state index in [1.54, 1.807) is 0 Å². The van der Waals surface area contributed by atoms with Gasteiger partial charge in [0.2, 0.25) is 5.91 Å². The maximum Gasteiger partial charge on any atom is 0.287 e. The van der Waals surface area contributed by atoms with Crippen LogP contribution in [0.2, 0.25) is 10.0 Å². The number of fused-ring (bicyclic) bond motifs is 1. The minimum absolute atomic E-state index is 0.0506. The Bertz CT molecular complexity index is 914. The highest BCUT2D eigenvalue weighted by Gasteiger charge is 2.22. The predicted octanol–water partition coefficient (Wildman–Crippen LogP) is 2.83. The SMILES string of the molecule is CC(C)[C@@H](NC(=O)Cn1ncc(Cl)c(Cl)c1=O)c1ccc2c(c1)OCCO2. The third-order valence-corrected chi connectivity index (χ3v) is 4.89. The van der Waals surface area contributed by atoms with Crippen molar-refractivity contribution in [2.24, 2.45) is 5.92 Å². The molecular formula is C18H19Cl2N3O4. The van der Waals surface area contributed by atoms with E-state index in [1.807, 2.05) is 32.0 Å². The van der Waals surface area contributed by atoms with E-state index < -0.39 is 5.56 Å². The number of nitrogens with one attached hydrogen (secondary N) is 1. The standard InChI is InChI=1S/C18H19Cl2N3O4/c1-10(2)17(11-3-4-13-14(7-11)27-6-5-26-13)22-15(24)9-23-18(25)16(20)12(19)8-21-23/h3-4,7-8,10,17H,5-6,9H2,1-2H3,(H,22,24)/t17-/m1/s1. The first kappa shape index (κ1) is 19.5. The number of carbonyl (C=O) groups is 1. The molecule has 1 amide bonds. The molecule has 0 saturated carbocycles. The third-order valence-electron chi connectivity index (χ3n) is 4.14. The quantitative estimate of drug-likeness (QED) is 0.817. The summed E-state index contributed by atoms with van der Waals surface area (Å²) in [5, 5.41) is 6.68. The molecule has 1 aromatic heterocycles. The lowest BCUT2D eigenvalue weighted by atomic mass is 9.95. The number of ether oxygens (including phenoxy) is 2. The number of benzene rings is 1. The van der Waals surface area contributed by atoms with Gasteiger partial charge in [0.05, 0.1) is 17.3 Å². The van der Waals surface area contributed by atoms with Gasteiger partial charge in [-0.15, -0.1) is 0 Å². The van der Waals surface area contributed by atoms with E-state index in [4.69, 9.17) is 32.7 Å². The van der Waals surface area contributed by atoms with E-state index in [9.17, 15) is 9.59 Å². The lowest BCUT2D eigenvalue weighted by Crippen LogP contribution is -2.37. The molecule has 1 atom stereocenters. The van der Waals surface area contributed by atoms with E-state index in [2.05, 4.69) is 10.4 Å². The summed E-state index contributed by atoms with van der Waals surface area (Å²) in [4.78, 5) is 24.5. The average Bonchev–Trinajstić information content (AvgIpc) is 2.66. The zero-order chi connectivity index (χ0) is 19.6. The van der Waals surface area contributed by atoms with Crippen LogP contribution in [0.5, 0.6) is 11.5 Å². The Kier molecular flexibility index (Phi) is 5.92. The number of nitrogens with zero attached hydrogens (tertiary/aromatic N) is 2. The monoisotopic (exact) mass is 411 g/mol. The van der Waals surface area contributed by atoms with Crippen LogP contribution in [0.1, 0.15) is 25.5 Å². The Labute approximate surface area is 166 Å². The van der Waals surface area contributed by atoms with Crippen LogP contribution < -0.4 is 20.3 Å². The van der Waals surface area contributed by atoms with Crippen molar-refractivity contribution in [3.63, 3.8) is 0 Å². The summed E-state index contributed by atoms with van der Waals surface area (Å²) in [5.74, 6) is 1.08. The van der Waals surface area contributed by atoms with Gasteiger partial charge in [-0.05, 0) is 23.6 Å². The van der Waals surface area contributed by atoms with Crippen LogP contribution >= 0.6 is 23.2 Å². The van der Waals surface area contributed by atoms with Crippen LogP contribution in [0.4, 0.5) is 0 Å². The molecule has 1 aliphatic rings. The fraction of sp³-hybridized carbons (Fsp3) is 0.389. The van der Waals surface area contributed by atoms with Crippen molar-refractivity contribution in [3.8, 4) is 11.5 Å². The lowest BCUT2D eigenvalue weighted by Gasteiger charge is -2.25. The van der Waals surface area contributed by atoms with Gasteiger partial charge in [0.15, 0.2) is 11.5 Å². The molecule has 0 fully saturated rings. The van der Waals surface area contributed by atoms with Crippen molar-refractivity contribution in [1.82, 2.24) is 15.1 Å². The molecule has 1 N–H and O–H groups in total. The highest BCUT2D eigenvalue weighted by Crippen LogP contribution is 2.34. The molecule has 1 aliphatic heterocycles. The highest BCUT2D eigenvalue weighted by molar-refractivity contribution is 6.41. The fourth-order valence-corrected chi connectivity index (χ4v) is 3.07. The second-order valence-electron chi connectivity index (χ2n) is 6.46. The van der Waals surface area contributed by atoms with E-state index in [1.165, 1.54) is 6.20 Å². The molecule has 7 nitrogen and oxygen atoms in total. The summed E-state index contributed by atoms with van der Waals surface area (Å²) in [7, 11) is 0. The molecule has 3 rings (SSSR count). The first-order valence-electron chi connectivity index (χ1n) is 8.47. The van der Waals surface area contributed by atoms with Gasteiger partial charge in [-0.3, -0.25) is 9.59 Å². The van der Waals surface area contributed by atoms with Crippen LogP contribution in [0.25, 0.3) is 0 Å². The van der Waals surface area contributed by atoms with Gasteiger partial charge < -0.3 is 14.8 Å². The highest BCUT2D eigenvalue weighted by atomic mass is 35.5. The van der Waals surface area contributed by atoms with Gasteiger partial charge in [-0.25, -0.2) is 4.68 Å². The van der Waals surface area contributed by atoms with Gasteiger partial charge in [-0.2, -0.15) is 5.10 Å². The number of aromatic nitrogens is 2. The topological polar surface area (TPSA) is 82.5 Å². The van der Waals surface area contributed by atoms with Gasteiger partial charge in [0.1, 0.15) is 24.8 Å². The van der Waals surface area contributed by atoms with Crippen LogP contribution in [-0.4, -0.2) is 28.9 Å². The van der Waals surface area contributed by atoms with Gasteiger partial charge in [-0.1, -0.05) is 43.1 Å². The van der Waals surface area contributed by atoms with Crippen molar-refractivity contribution < 1.29 is 14.3 Å². The molecule has 0 bridgehead atoms. The number of amides is 1. The van der Waals surface area contributed by atoms with E-state index in [-0.39, 0.29) is 34.5 Å². The maximum atomic E-state index is 12.5. The second-order valence-corrected chi connectivity index (χ2v) is 7.25. The molecule has 9 heteroatoms. The van der Waals surface area contributed by atoms with Gasteiger partial charge in [0, 0.05) is 0 Å². The van der Waals surface area contributed by atoms with Crippen molar-refractivity contribution in [2.75, 3.05) is 13.2 Å². The molecule has 0 aliphatic carbocycles. The molecular weight excluding hydrogens is 393 g/mol. The van der Waals surface area contributed by atoms with Gasteiger partial charge in [0.25, 0.3) is 5.56 Å². The number of hydrogen-bond acceptors (Lipinski definition) is 5. The van der Waals surface area contributed by atoms with E-state index in [0.29, 0.717) is 24.7 Å². The Morgan fingerprint density at radius 2 is 1.96 bits per heavy atom. The van der Waals surface area contributed by atoms with Crippen molar-refractivity contribution >= 4 is 29.1 Å². The summed E-state index contributed by atoms with van der Waals surface area (Å²) in [6.07, 6.45) is 1.24. The molecule has 27 heavy (non-hydrogen) atoms. The second kappa shape index (κ2) is 8.19. The molecule has 0 radical (unpaired) electrons. The molecule has 0 saturated heterocycles. The maximum absolute atomic E-state index is 12.5. The Hall–Kier alpha value is -2.25. The fourth-order valence-electron chi connectivity index (χ4n) is 2.80. The van der Waals surface area contributed by atoms with E-state index >= 15 is 0 Å². The van der Waals surface area contributed by atoms with Crippen LogP contribution in [0.3, 0.4) is 0 Å². The smallest absolute Gasteiger partial charge is 0.287 e. The number of hydrogen-bond donors (Lipinski definition) is 1. The molecule has 1 aromatic carbocycles. The summed E-state index contributed by atoms with van der Waals surface area (Å²) in [6.45, 7) is 4.73. The minimum atomic E-state index is -0.611.